The Hall–Kier alpha value is -0.150. The molecule has 1 rings (SSSR count). The molecule has 0 aliphatic rings. The minimum absolute atomic E-state index is 0.510. The van der Waals surface area contributed by atoms with Crippen molar-refractivity contribution in [2.45, 2.75) is 11.8 Å². The van der Waals surface area contributed by atoms with Gasteiger partial charge >= 0.3 is 0 Å². The summed E-state index contributed by atoms with van der Waals surface area (Å²) in [5.41, 5.74) is 1.19. The third-order valence-electron chi connectivity index (χ3n) is 1.38. The Bertz CT molecular complexity index is 255. The van der Waals surface area contributed by atoms with Gasteiger partial charge in [0.1, 0.15) is 0 Å². The maximum Gasteiger partial charge on any atom is 0.0836 e. The second kappa shape index (κ2) is 4.02. The highest BCUT2D eigenvalue weighted by molar-refractivity contribution is 9.10. The first-order valence-corrected chi connectivity index (χ1v) is 5.69. The molecule has 0 aliphatic carbocycles. The zero-order valence-corrected chi connectivity index (χ0v) is 8.61. The van der Waals surface area contributed by atoms with Crippen molar-refractivity contribution in [3.8, 4) is 0 Å². The molecule has 0 amide bonds. The van der Waals surface area contributed by atoms with Crippen LogP contribution < -0.4 is 0 Å². The van der Waals surface area contributed by atoms with Gasteiger partial charge in [0, 0.05) is 4.90 Å². The molecule has 3 heteroatoms. The highest BCUT2D eigenvalue weighted by Crippen LogP contribution is 2.09. The lowest BCUT2D eigenvalue weighted by Gasteiger charge is -1.97. The summed E-state index contributed by atoms with van der Waals surface area (Å²) >= 11 is 3.17. The van der Waals surface area contributed by atoms with Gasteiger partial charge in [0.25, 0.3) is 0 Å². The van der Waals surface area contributed by atoms with Crippen molar-refractivity contribution in [3.05, 3.63) is 29.8 Å². The molecule has 0 bridgehead atoms. The van der Waals surface area contributed by atoms with Gasteiger partial charge < -0.3 is 0 Å². The van der Waals surface area contributed by atoms with Crippen LogP contribution in [-0.2, 0) is 10.8 Å². The van der Waals surface area contributed by atoms with Gasteiger partial charge in [0.2, 0.25) is 0 Å². The fraction of sp³-hybridized carbons (Fsp3) is 0.250. The highest BCUT2D eigenvalue weighted by Gasteiger charge is 1.98. The van der Waals surface area contributed by atoms with E-state index in [1.165, 1.54) is 5.56 Å². The average molecular weight is 233 g/mol. The van der Waals surface area contributed by atoms with E-state index in [4.69, 9.17) is 0 Å². The van der Waals surface area contributed by atoms with Crippen LogP contribution in [0.5, 0.6) is 0 Å². The van der Waals surface area contributed by atoms with Gasteiger partial charge in [-0.1, -0.05) is 33.6 Å². The van der Waals surface area contributed by atoms with Gasteiger partial charge in [0.15, 0.2) is 0 Å². The zero-order valence-electron chi connectivity index (χ0n) is 6.21. The smallest absolute Gasteiger partial charge is 0.0836 e. The summed E-state index contributed by atoms with van der Waals surface area (Å²) in [4.78, 5) is 0.882. The van der Waals surface area contributed by atoms with Crippen molar-refractivity contribution in [2.24, 2.45) is 0 Å². The number of halogens is 1. The van der Waals surface area contributed by atoms with Crippen LogP contribution in [0.2, 0.25) is 0 Å². The lowest BCUT2D eigenvalue weighted by atomic mass is 10.2. The van der Waals surface area contributed by atoms with Crippen molar-refractivity contribution in [1.82, 2.24) is 0 Å². The molecule has 1 aromatic carbocycles. The Labute approximate surface area is 77.4 Å². The fourth-order valence-corrected chi connectivity index (χ4v) is 2.11. The van der Waals surface area contributed by atoms with Crippen LogP contribution in [0.3, 0.4) is 0 Å². The van der Waals surface area contributed by atoms with Crippen LogP contribution in [0.15, 0.2) is 29.2 Å². The maximum absolute atomic E-state index is 11.2. The summed E-state index contributed by atoms with van der Waals surface area (Å²) in [7, 11) is -0.882. The third kappa shape index (κ3) is 2.42. The molecule has 0 saturated carbocycles. The molecule has 1 nitrogen and oxygen atoms in total. The summed E-state index contributed by atoms with van der Waals surface area (Å²) in [6, 6.07) is 7.73. The molecule has 11 heavy (non-hydrogen) atoms. The average Bonchev–Trinajstić information content (AvgIpc) is 2.05. The van der Waals surface area contributed by atoms with Crippen LogP contribution >= 0.6 is 15.9 Å². The summed E-state index contributed by atoms with van der Waals surface area (Å²) in [6.45, 7) is 2.01. The number of hydrogen-bond acceptors (Lipinski definition) is 1. The van der Waals surface area contributed by atoms with Crippen molar-refractivity contribution in [1.29, 1.82) is 0 Å². The monoisotopic (exact) mass is 232 g/mol. The minimum Gasteiger partial charge on any atom is -0.253 e. The van der Waals surface area contributed by atoms with Crippen molar-refractivity contribution >= 4 is 26.7 Å². The Kier molecular flexibility index (Phi) is 3.27. The molecule has 1 unspecified atom stereocenters. The van der Waals surface area contributed by atoms with Crippen molar-refractivity contribution < 1.29 is 4.21 Å². The largest absolute Gasteiger partial charge is 0.253 e. The van der Waals surface area contributed by atoms with Gasteiger partial charge in [-0.05, 0) is 19.1 Å². The summed E-state index contributed by atoms with van der Waals surface area (Å²) in [5.74, 6) is 0. The van der Waals surface area contributed by atoms with Crippen LogP contribution in [0, 0.1) is 6.92 Å². The predicted octanol–water partition coefficient (Wildman–Crippen LogP) is 2.46. The van der Waals surface area contributed by atoms with E-state index in [0.29, 0.717) is 4.66 Å². The molecule has 0 heterocycles. The minimum atomic E-state index is -0.882. The van der Waals surface area contributed by atoms with E-state index >= 15 is 0 Å². The van der Waals surface area contributed by atoms with Crippen LogP contribution in [0.25, 0.3) is 0 Å². The predicted molar refractivity (Wildman–Crippen MR) is 51.4 cm³/mol. The van der Waals surface area contributed by atoms with E-state index in [0.717, 1.165) is 4.90 Å². The third-order valence-corrected chi connectivity index (χ3v) is 3.63. The van der Waals surface area contributed by atoms with E-state index < -0.39 is 10.8 Å². The molecule has 1 atom stereocenters. The molecule has 0 radical (unpaired) electrons. The molecule has 1 aromatic rings. The number of aryl methyl sites for hydroxylation is 1. The van der Waals surface area contributed by atoms with E-state index in [1.54, 1.807) is 0 Å². The van der Waals surface area contributed by atoms with Gasteiger partial charge in [-0.25, -0.2) is 0 Å². The molecule has 0 N–H and O–H groups in total. The van der Waals surface area contributed by atoms with Gasteiger partial charge in [-0.15, -0.1) is 0 Å². The van der Waals surface area contributed by atoms with E-state index in [9.17, 15) is 4.21 Å². The molecule has 0 saturated heterocycles. The summed E-state index contributed by atoms with van der Waals surface area (Å²) in [5, 5.41) is 0. The number of rotatable bonds is 2. The Morgan fingerprint density at radius 1 is 1.36 bits per heavy atom. The molecular weight excluding hydrogens is 224 g/mol. The molecule has 0 fully saturated rings. The topological polar surface area (TPSA) is 17.1 Å². The zero-order chi connectivity index (χ0) is 8.27. The standard InChI is InChI=1S/C8H9BrOS/c1-7-2-4-8(5-3-7)11(10)6-9/h2-5H,6H2,1H3. The molecule has 0 aliphatic heterocycles. The van der Waals surface area contributed by atoms with Gasteiger partial charge in [-0.3, -0.25) is 4.21 Å². The van der Waals surface area contributed by atoms with Crippen molar-refractivity contribution in [2.75, 3.05) is 4.66 Å². The highest BCUT2D eigenvalue weighted by atomic mass is 79.9. The van der Waals surface area contributed by atoms with Crippen LogP contribution in [0.1, 0.15) is 5.56 Å². The van der Waals surface area contributed by atoms with Crippen LogP contribution in [0.4, 0.5) is 0 Å². The van der Waals surface area contributed by atoms with E-state index in [1.807, 2.05) is 31.2 Å². The summed E-state index contributed by atoms with van der Waals surface area (Å²) in [6.07, 6.45) is 0. The number of alkyl halides is 1. The van der Waals surface area contributed by atoms with Crippen molar-refractivity contribution in [3.63, 3.8) is 0 Å². The fourth-order valence-electron chi connectivity index (χ4n) is 0.753. The Balaban J connectivity index is 2.90. The SMILES string of the molecule is Cc1ccc(S(=O)CBr)cc1. The molecule has 0 spiro atoms. The Morgan fingerprint density at radius 2 is 1.91 bits per heavy atom. The number of benzene rings is 1. The summed E-state index contributed by atoms with van der Waals surface area (Å²) < 4.78 is 11.7. The van der Waals surface area contributed by atoms with E-state index in [-0.39, 0.29) is 0 Å². The lowest BCUT2D eigenvalue weighted by Crippen LogP contribution is -1.90. The van der Waals surface area contributed by atoms with Crippen LogP contribution in [-0.4, -0.2) is 8.87 Å². The molecular formula is C8H9BrOS. The second-order valence-electron chi connectivity index (χ2n) is 2.27. The number of hydrogen-bond donors (Lipinski definition) is 0. The Morgan fingerprint density at radius 3 is 2.36 bits per heavy atom. The first-order chi connectivity index (χ1) is 5.24. The normalized spacial score (nSPS) is 12.9. The maximum atomic E-state index is 11.2. The first-order valence-electron chi connectivity index (χ1n) is 3.25. The van der Waals surface area contributed by atoms with Gasteiger partial charge in [-0.2, -0.15) is 0 Å². The van der Waals surface area contributed by atoms with E-state index in [2.05, 4.69) is 15.9 Å². The molecule has 0 aromatic heterocycles. The first kappa shape index (κ1) is 8.94. The lowest BCUT2D eigenvalue weighted by molar-refractivity contribution is 0.686. The van der Waals surface area contributed by atoms with Gasteiger partial charge in [0.05, 0.1) is 15.5 Å². The quantitative estimate of drug-likeness (QED) is 0.717. The molecule has 60 valence electrons. The second-order valence-corrected chi connectivity index (χ2v) is 5.02.